The number of amides is 3. The predicted molar refractivity (Wildman–Crippen MR) is 137 cm³/mol. The van der Waals surface area contributed by atoms with Crippen molar-refractivity contribution in [2.45, 2.75) is 32.5 Å². The second-order valence-electron chi connectivity index (χ2n) is 9.08. The fraction of sp³-hybridized carbons (Fsp3) is 0.296. The molecular weight excluding hydrogens is 477 g/mol. The quantitative estimate of drug-likeness (QED) is 0.432. The van der Waals surface area contributed by atoms with E-state index in [0.29, 0.717) is 29.1 Å². The number of benzene rings is 2. The number of methoxy groups -OCH3 is 1. The van der Waals surface area contributed by atoms with Crippen LogP contribution in [0, 0.1) is 19.7 Å². The summed E-state index contributed by atoms with van der Waals surface area (Å²) in [7, 11) is 3.08. The zero-order valence-electron chi connectivity index (χ0n) is 21.2. The predicted octanol–water partition coefficient (Wildman–Crippen LogP) is 3.53. The number of rotatable bonds is 8. The van der Waals surface area contributed by atoms with Crippen molar-refractivity contribution >= 4 is 17.6 Å². The number of aliphatic hydroxyl groups excluding tert-OH is 1. The van der Waals surface area contributed by atoms with E-state index in [1.165, 1.54) is 30.3 Å². The van der Waals surface area contributed by atoms with Crippen LogP contribution in [0.3, 0.4) is 0 Å². The molecule has 0 spiro atoms. The van der Waals surface area contributed by atoms with Gasteiger partial charge in [0.1, 0.15) is 5.82 Å². The van der Waals surface area contributed by atoms with Gasteiger partial charge in [0.2, 0.25) is 0 Å². The van der Waals surface area contributed by atoms with Crippen LogP contribution in [0.1, 0.15) is 22.9 Å². The number of carbonyl (C=O) groups excluding carboxylic acids is 2. The molecule has 1 aromatic heterocycles. The van der Waals surface area contributed by atoms with Crippen molar-refractivity contribution in [2.24, 2.45) is 0 Å². The van der Waals surface area contributed by atoms with Crippen molar-refractivity contribution in [1.82, 2.24) is 20.0 Å². The summed E-state index contributed by atoms with van der Waals surface area (Å²) in [5.74, 6) is -0.804. The highest BCUT2D eigenvalue weighted by Gasteiger charge is 2.30. The Balaban J connectivity index is 1.59. The number of aliphatic hydroxyl groups is 1. The molecule has 0 fully saturated rings. The molecule has 0 aliphatic carbocycles. The molecule has 1 aliphatic heterocycles. The van der Waals surface area contributed by atoms with E-state index >= 15 is 0 Å². The Morgan fingerprint density at radius 3 is 2.65 bits per heavy atom. The lowest BCUT2D eigenvalue weighted by Gasteiger charge is -2.30. The third kappa shape index (κ3) is 5.87. The number of ether oxygens (including phenoxy) is 1. The van der Waals surface area contributed by atoms with Crippen LogP contribution < -0.4 is 10.6 Å². The maximum Gasteiger partial charge on any atom is 0.321 e. The van der Waals surface area contributed by atoms with Gasteiger partial charge in [-0.2, -0.15) is 5.10 Å². The van der Waals surface area contributed by atoms with Gasteiger partial charge in [-0.25, -0.2) is 9.18 Å². The molecule has 0 saturated heterocycles. The van der Waals surface area contributed by atoms with Gasteiger partial charge in [-0.3, -0.25) is 9.48 Å². The molecular formula is C27H30FN5O4. The number of hydrogen-bond donors (Lipinski definition) is 3. The average molecular weight is 508 g/mol. The first-order valence-electron chi connectivity index (χ1n) is 11.8. The topological polar surface area (TPSA) is 109 Å². The average Bonchev–Trinajstić information content (AvgIpc) is 3.22. The highest BCUT2D eigenvalue weighted by atomic mass is 19.1. The molecule has 0 bridgehead atoms. The van der Waals surface area contributed by atoms with E-state index in [1.807, 2.05) is 38.1 Å². The summed E-state index contributed by atoms with van der Waals surface area (Å²) in [5, 5.41) is 20.4. The van der Waals surface area contributed by atoms with Crippen LogP contribution >= 0.6 is 0 Å². The van der Waals surface area contributed by atoms with Crippen LogP contribution in [0.2, 0.25) is 0 Å². The van der Waals surface area contributed by atoms with E-state index in [9.17, 15) is 19.1 Å². The van der Waals surface area contributed by atoms with Crippen molar-refractivity contribution in [3.63, 3.8) is 0 Å². The van der Waals surface area contributed by atoms with Crippen LogP contribution in [-0.4, -0.2) is 58.6 Å². The molecule has 2 atom stereocenters. The molecule has 3 amide bonds. The molecule has 3 aromatic rings. The minimum absolute atomic E-state index is 0.208. The van der Waals surface area contributed by atoms with E-state index in [1.54, 1.807) is 23.9 Å². The van der Waals surface area contributed by atoms with E-state index in [2.05, 4.69) is 15.7 Å². The molecule has 1 aliphatic rings. The van der Waals surface area contributed by atoms with Crippen LogP contribution in [0.15, 0.2) is 60.3 Å². The third-order valence-corrected chi connectivity index (χ3v) is 6.20. The SMILES string of the molecule is COC[C@H](O)Cn1nc(-c2ccc(C)c(NC(=O)C3=CN(C)C(=O)N[C@H]3c3ccc(F)cc3)c2)cc1C. The lowest BCUT2D eigenvalue weighted by molar-refractivity contribution is -0.113. The molecule has 3 N–H and O–H groups in total. The molecule has 4 rings (SSSR count). The van der Waals surface area contributed by atoms with E-state index in [4.69, 9.17) is 4.74 Å². The van der Waals surface area contributed by atoms with Crippen LogP contribution in [0.5, 0.6) is 0 Å². The number of nitrogens with one attached hydrogen (secondary N) is 2. The second kappa shape index (κ2) is 10.9. The van der Waals surface area contributed by atoms with E-state index in [-0.39, 0.29) is 12.6 Å². The first-order chi connectivity index (χ1) is 17.7. The second-order valence-corrected chi connectivity index (χ2v) is 9.08. The summed E-state index contributed by atoms with van der Waals surface area (Å²) < 4.78 is 20.2. The monoisotopic (exact) mass is 507 g/mol. The maximum atomic E-state index is 13.5. The molecule has 37 heavy (non-hydrogen) atoms. The van der Waals surface area contributed by atoms with Gasteiger partial charge >= 0.3 is 6.03 Å². The molecule has 194 valence electrons. The molecule has 9 nitrogen and oxygen atoms in total. The highest BCUT2D eigenvalue weighted by molar-refractivity contribution is 6.06. The normalized spacial score (nSPS) is 16.3. The third-order valence-electron chi connectivity index (χ3n) is 6.20. The van der Waals surface area contributed by atoms with Gasteiger partial charge in [0.15, 0.2) is 0 Å². The van der Waals surface area contributed by atoms with Crippen molar-refractivity contribution in [1.29, 1.82) is 0 Å². The maximum absolute atomic E-state index is 13.5. The van der Waals surface area contributed by atoms with Crippen molar-refractivity contribution < 1.29 is 23.8 Å². The fourth-order valence-electron chi connectivity index (χ4n) is 4.14. The van der Waals surface area contributed by atoms with Crippen LogP contribution in [0.4, 0.5) is 14.9 Å². The number of urea groups is 1. The first kappa shape index (κ1) is 26.1. The minimum Gasteiger partial charge on any atom is -0.389 e. The van der Waals surface area contributed by atoms with Gasteiger partial charge in [0.25, 0.3) is 5.91 Å². The van der Waals surface area contributed by atoms with E-state index < -0.39 is 23.9 Å². The van der Waals surface area contributed by atoms with Crippen molar-refractivity contribution in [2.75, 3.05) is 26.1 Å². The molecule has 0 unspecified atom stereocenters. The smallest absolute Gasteiger partial charge is 0.321 e. The standard InChI is InChI=1S/C27H30FN5O4/c1-16-5-6-19(24-11-17(2)33(31-24)13-21(34)15-37-4)12-23(16)29-26(35)22-14-32(3)27(36)30-25(22)18-7-9-20(28)10-8-18/h5-12,14,21,25,34H,13,15H2,1-4H3,(H,29,35)(H,30,36)/t21-,25+/m1/s1. The lowest BCUT2D eigenvalue weighted by atomic mass is 9.97. The summed E-state index contributed by atoms with van der Waals surface area (Å²) in [6.07, 6.45) is 0.804. The molecule has 0 saturated carbocycles. The Hall–Kier alpha value is -4.02. The van der Waals surface area contributed by atoms with Gasteiger partial charge in [0.05, 0.1) is 36.6 Å². The highest BCUT2D eigenvalue weighted by Crippen LogP contribution is 2.29. The van der Waals surface area contributed by atoms with Gasteiger partial charge in [-0.15, -0.1) is 0 Å². The summed E-state index contributed by atoms with van der Waals surface area (Å²) in [4.78, 5) is 27.0. The fourth-order valence-corrected chi connectivity index (χ4v) is 4.14. The Morgan fingerprint density at radius 1 is 1.22 bits per heavy atom. The van der Waals surface area contributed by atoms with E-state index in [0.717, 1.165) is 16.8 Å². The Bertz CT molecular complexity index is 1340. The molecule has 2 heterocycles. The Morgan fingerprint density at radius 2 is 1.95 bits per heavy atom. The molecule has 0 radical (unpaired) electrons. The Kier molecular flexibility index (Phi) is 7.70. The number of carbonyl (C=O) groups is 2. The number of halogens is 1. The van der Waals surface area contributed by atoms with Gasteiger partial charge < -0.3 is 25.4 Å². The molecule has 10 heteroatoms. The number of hydrogen-bond acceptors (Lipinski definition) is 5. The molecule has 2 aromatic carbocycles. The van der Waals surface area contributed by atoms with Gasteiger partial charge in [-0.05, 0) is 49.2 Å². The number of anilines is 1. The van der Waals surface area contributed by atoms with Crippen molar-refractivity contribution in [3.05, 3.63) is 82.9 Å². The summed E-state index contributed by atoms with van der Waals surface area (Å²) in [5.41, 5.74) is 4.71. The minimum atomic E-state index is -0.732. The summed E-state index contributed by atoms with van der Waals surface area (Å²) in [6.45, 7) is 4.29. The van der Waals surface area contributed by atoms with Crippen LogP contribution in [-0.2, 0) is 16.1 Å². The van der Waals surface area contributed by atoms with Gasteiger partial charge in [0, 0.05) is 37.3 Å². The summed E-state index contributed by atoms with van der Waals surface area (Å²) >= 11 is 0. The Labute approximate surface area is 214 Å². The van der Waals surface area contributed by atoms with Crippen LogP contribution in [0.25, 0.3) is 11.3 Å². The largest absolute Gasteiger partial charge is 0.389 e. The zero-order chi connectivity index (χ0) is 26.7. The summed E-state index contributed by atoms with van der Waals surface area (Å²) in [6, 6.07) is 12.1. The number of nitrogens with zero attached hydrogens (tertiary/aromatic N) is 3. The van der Waals surface area contributed by atoms with Gasteiger partial charge in [-0.1, -0.05) is 24.3 Å². The first-order valence-corrected chi connectivity index (χ1v) is 11.8. The van der Waals surface area contributed by atoms with Crippen molar-refractivity contribution in [3.8, 4) is 11.3 Å². The number of aryl methyl sites for hydroxylation is 2. The lowest BCUT2D eigenvalue weighted by Crippen LogP contribution is -2.44. The number of aromatic nitrogens is 2. The zero-order valence-corrected chi connectivity index (χ0v) is 21.2.